The summed E-state index contributed by atoms with van der Waals surface area (Å²) < 4.78 is 5.02. The van der Waals surface area contributed by atoms with Gasteiger partial charge in [0, 0.05) is 0 Å². The van der Waals surface area contributed by atoms with Gasteiger partial charge in [-0.3, -0.25) is 14.4 Å². The first-order chi connectivity index (χ1) is 8.57. The van der Waals surface area contributed by atoms with Crippen molar-refractivity contribution >= 4 is 29.7 Å². The number of Topliss-reactive ketones (excluding diaryl/α,β-unsaturated/α-hetero) is 1. The van der Waals surface area contributed by atoms with Crippen molar-refractivity contribution in [2.24, 2.45) is 5.73 Å². The van der Waals surface area contributed by atoms with E-state index in [1.165, 1.54) is 18.2 Å². The van der Waals surface area contributed by atoms with Crippen LogP contribution in [0, 0.1) is 0 Å². The van der Waals surface area contributed by atoms with E-state index in [2.05, 4.69) is 0 Å². The van der Waals surface area contributed by atoms with Crippen LogP contribution in [0.2, 0.25) is 0 Å². The standard InChI is InChI=1S/C11H8N2O5/c12-11(17)13-6-2-1-3-7(18-5-4-14)8(6)9(15)10(13)16/h1-4H,5H2,(H2,12,17). The number of nitrogens with two attached hydrogens (primary N) is 1. The van der Waals surface area contributed by atoms with E-state index in [4.69, 9.17) is 10.5 Å². The Morgan fingerprint density at radius 3 is 2.72 bits per heavy atom. The summed E-state index contributed by atoms with van der Waals surface area (Å²) in [7, 11) is 0. The topological polar surface area (TPSA) is 107 Å². The van der Waals surface area contributed by atoms with Crippen molar-refractivity contribution in [1.82, 2.24) is 0 Å². The Balaban J connectivity index is 2.54. The molecule has 0 atom stereocenters. The minimum atomic E-state index is -1.04. The molecule has 1 aromatic carbocycles. The van der Waals surface area contributed by atoms with E-state index in [1.54, 1.807) is 0 Å². The summed E-state index contributed by atoms with van der Waals surface area (Å²) >= 11 is 0. The SMILES string of the molecule is NC(=O)N1C(=O)C(=O)c2c(OCC=O)cccc21. The van der Waals surface area contributed by atoms with Gasteiger partial charge < -0.3 is 10.5 Å². The van der Waals surface area contributed by atoms with E-state index in [0.717, 1.165) is 0 Å². The Hall–Kier alpha value is -2.70. The number of nitrogens with zero attached hydrogens (tertiary/aromatic N) is 1. The molecule has 7 heteroatoms. The second-order valence-electron chi connectivity index (χ2n) is 3.44. The lowest BCUT2D eigenvalue weighted by molar-refractivity contribution is -0.113. The zero-order valence-electron chi connectivity index (χ0n) is 9.08. The fourth-order valence-electron chi connectivity index (χ4n) is 1.71. The number of primary amides is 1. The number of benzene rings is 1. The first-order valence-corrected chi connectivity index (χ1v) is 4.95. The summed E-state index contributed by atoms with van der Waals surface area (Å²) in [5.41, 5.74) is 5.05. The number of fused-ring (bicyclic) bond motifs is 1. The van der Waals surface area contributed by atoms with Gasteiger partial charge >= 0.3 is 11.9 Å². The van der Waals surface area contributed by atoms with Gasteiger partial charge in [0.15, 0.2) is 6.29 Å². The Kier molecular flexibility index (Phi) is 2.80. The molecule has 2 rings (SSSR count). The second-order valence-corrected chi connectivity index (χ2v) is 3.44. The highest BCUT2D eigenvalue weighted by molar-refractivity contribution is 6.56. The Bertz CT molecular complexity index is 567. The largest absolute Gasteiger partial charge is 0.485 e. The summed E-state index contributed by atoms with van der Waals surface area (Å²) in [6.07, 6.45) is 0.506. The molecule has 1 aromatic rings. The summed E-state index contributed by atoms with van der Waals surface area (Å²) in [6.45, 7) is -0.255. The molecule has 1 heterocycles. The van der Waals surface area contributed by atoms with Crippen LogP contribution in [0.1, 0.15) is 10.4 Å². The van der Waals surface area contributed by atoms with E-state index < -0.39 is 17.7 Å². The van der Waals surface area contributed by atoms with Crippen molar-refractivity contribution in [2.75, 3.05) is 11.5 Å². The fraction of sp³-hybridized carbons (Fsp3) is 0.0909. The van der Waals surface area contributed by atoms with Crippen LogP contribution in [-0.4, -0.2) is 30.6 Å². The second kappa shape index (κ2) is 4.28. The number of imide groups is 1. The lowest BCUT2D eigenvalue weighted by Crippen LogP contribution is -2.39. The van der Waals surface area contributed by atoms with Crippen LogP contribution in [0.5, 0.6) is 5.75 Å². The summed E-state index contributed by atoms with van der Waals surface area (Å²) in [4.78, 5) is 45.2. The number of urea groups is 1. The highest BCUT2D eigenvalue weighted by atomic mass is 16.5. The zero-order chi connectivity index (χ0) is 13.3. The molecule has 0 fully saturated rings. The van der Waals surface area contributed by atoms with Crippen LogP contribution in [0.4, 0.5) is 10.5 Å². The number of hydrogen-bond donors (Lipinski definition) is 1. The van der Waals surface area contributed by atoms with Gasteiger partial charge in [0.1, 0.15) is 12.4 Å². The van der Waals surface area contributed by atoms with Crippen LogP contribution in [0.15, 0.2) is 18.2 Å². The fourth-order valence-corrected chi connectivity index (χ4v) is 1.71. The molecule has 3 amide bonds. The molecule has 0 bridgehead atoms. The number of amides is 3. The predicted octanol–water partition coefficient (Wildman–Crippen LogP) is -0.128. The number of aldehydes is 1. The van der Waals surface area contributed by atoms with Gasteiger partial charge in [0.05, 0.1) is 11.3 Å². The molecular formula is C11H8N2O5. The van der Waals surface area contributed by atoms with Crippen molar-refractivity contribution in [3.05, 3.63) is 23.8 Å². The molecule has 0 saturated carbocycles. The molecule has 2 N–H and O–H groups in total. The van der Waals surface area contributed by atoms with Gasteiger partial charge in [0.2, 0.25) is 0 Å². The van der Waals surface area contributed by atoms with E-state index in [9.17, 15) is 19.2 Å². The number of hydrogen-bond acceptors (Lipinski definition) is 5. The minimum absolute atomic E-state index is 0.0526. The quantitative estimate of drug-likeness (QED) is 0.592. The number of ether oxygens (including phenoxy) is 1. The monoisotopic (exact) mass is 248 g/mol. The Morgan fingerprint density at radius 1 is 1.39 bits per heavy atom. The van der Waals surface area contributed by atoms with Gasteiger partial charge in [-0.05, 0) is 12.1 Å². The molecule has 1 aliphatic rings. The minimum Gasteiger partial charge on any atom is -0.485 e. The van der Waals surface area contributed by atoms with Crippen molar-refractivity contribution in [1.29, 1.82) is 0 Å². The Morgan fingerprint density at radius 2 is 2.11 bits per heavy atom. The maximum absolute atomic E-state index is 11.7. The zero-order valence-corrected chi connectivity index (χ0v) is 9.08. The predicted molar refractivity (Wildman–Crippen MR) is 59.4 cm³/mol. The van der Waals surface area contributed by atoms with Crippen molar-refractivity contribution in [3.63, 3.8) is 0 Å². The number of ketones is 1. The average Bonchev–Trinajstić information content (AvgIpc) is 2.60. The molecule has 92 valence electrons. The van der Waals surface area contributed by atoms with Crippen LogP contribution in [0.3, 0.4) is 0 Å². The molecule has 7 nitrogen and oxygen atoms in total. The van der Waals surface area contributed by atoms with E-state index in [0.29, 0.717) is 11.2 Å². The van der Waals surface area contributed by atoms with Gasteiger partial charge in [-0.2, -0.15) is 0 Å². The maximum Gasteiger partial charge on any atom is 0.326 e. The molecule has 1 aliphatic heterocycles. The molecule has 18 heavy (non-hydrogen) atoms. The van der Waals surface area contributed by atoms with Gasteiger partial charge in [-0.15, -0.1) is 0 Å². The first-order valence-electron chi connectivity index (χ1n) is 4.95. The van der Waals surface area contributed by atoms with Crippen molar-refractivity contribution in [3.8, 4) is 5.75 Å². The third-order valence-corrected chi connectivity index (χ3v) is 2.40. The van der Waals surface area contributed by atoms with Crippen molar-refractivity contribution in [2.45, 2.75) is 0 Å². The van der Waals surface area contributed by atoms with Crippen LogP contribution < -0.4 is 15.4 Å². The molecule has 0 radical (unpaired) electrons. The number of carbonyl (C=O) groups excluding carboxylic acids is 4. The number of rotatable bonds is 3. The lowest BCUT2D eigenvalue weighted by atomic mass is 10.1. The normalized spacial score (nSPS) is 13.4. The smallest absolute Gasteiger partial charge is 0.326 e. The first kappa shape index (κ1) is 11.8. The van der Waals surface area contributed by atoms with E-state index in [1.807, 2.05) is 0 Å². The highest BCUT2D eigenvalue weighted by Crippen LogP contribution is 2.35. The molecule has 0 unspecified atom stereocenters. The summed E-state index contributed by atoms with van der Waals surface area (Å²) in [6, 6.07) is 3.27. The molecule has 0 aliphatic carbocycles. The summed E-state index contributed by atoms with van der Waals surface area (Å²) in [5, 5.41) is 0. The molecule has 0 aromatic heterocycles. The molecule has 0 spiro atoms. The van der Waals surface area contributed by atoms with Crippen LogP contribution in [0.25, 0.3) is 0 Å². The van der Waals surface area contributed by atoms with Gasteiger partial charge in [-0.25, -0.2) is 9.69 Å². The lowest BCUT2D eigenvalue weighted by Gasteiger charge is -2.11. The Labute approximate surface area is 101 Å². The molecular weight excluding hydrogens is 240 g/mol. The summed E-state index contributed by atoms with van der Waals surface area (Å²) in [5.74, 6) is -1.84. The average molecular weight is 248 g/mol. The number of anilines is 1. The third-order valence-electron chi connectivity index (χ3n) is 2.40. The van der Waals surface area contributed by atoms with Crippen LogP contribution in [-0.2, 0) is 9.59 Å². The van der Waals surface area contributed by atoms with E-state index >= 15 is 0 Å². The number of carbonyl (C=O) groups is 4. The third kappa shape index (κ3) is 1.61. The van der Waals surface area contributed by atoms with Crippen LogP contribution >= 0.6 is 0 Å². The van der Waals surface area contributed by atoms with E-state index in [-0.39, 0.29) is 23.6 Å². The molecule has 0 saturated heterocycles. The van der Waals surface area contributed by atoms with Crippen molar-refractivity contribution < 1.29 is 23.9 Å². The maximum atomic E-state index is 11.7. The van der Waals surface area contributed by atoms with Gasteiger partial charge in [-0.1, -0.05) is 6.07 Å². The highest BCUT2D eigenvalue weighted by Gasteiger charge is 2.41. The van der Waals surface area contributed by atoms with Gasteiger partial charge in [0.25, 0.3) is 5.78 Å².